The molecule has 2 aromatic heterocycles. The van der Waals surface area contributed by atoms with E-state index >= 15 is 0 Å². The highest BCUT2D eigenvalue weighted by Crippen LogP contribution is 2.39. The number of nitrogens with one attached hydrogen (secondary N) is 1. The molecule has 1 aliphatic carbocycles. The predicted octanol–water partition coefficient (Wildman–Crippen LogP) is 0.0536. The third kappa shape index (κ3) is 3.39. The van der Waals surface area contributed by atoms with Crippen molar-refractivity contribution in [3.63, 3.8) is 0 Å². The van der Waals surface area contributed by atoms with Crippen molar-refractivity contribution in [1.82, 2.24) is 34.9 Å². The summed E-state index contributed by atoms with van der Waals surface area (Å²) >= 11 is 0. The number of piperazine rings is 1. The average molecular weight is 368 g/mol. The largest absolute Gasteiger partial charge is 0.354 e. The van der Waals surface area contributed by atoms with Gasteiger partial charge >= 0.3 is 0 Å². The topological polar surface area (TPSA) is 92.1 Å². The number of nitrogens with zero attached hydrogens (tertiary/aromatic N) is 7. The second-order valence-electron chi connectivity index (χ2n) is 7.50. The molecule has 2 fully saturated rings. The van der Waals surface area contributed by atoms with Gasteiger partial charge in [0.2, 0.25) is 0 Å². The summed E-state index contributed by atoms with van der Waals surface area (Å²) in [5.74, 6) is 2.24. The van der Waals surface area contributed by atoms with Crippen molar-refractivity contribution in [2.75, 3.05) is 44.2 Å². The Morgan fingerprint density at radius 1 is 1.11 bits per heavy atom. The minimum atomic E-state index is -0.0479. The van der Waals surface area contributed by atoms with Crippen LogP contribution in [0.15, 0.2) is 12.7 Å². The number of carbonyl (C=O) groups is 1. The number of rotatable bonds is 5. The molecule has 5 rings (SSSR count). The average Bonchev–Trinajstić information content (AvgIpc) is 3.42. The number of aromatic nitrogens is 5. The van der Waals surface area contributed by atoms with E-state index in [-0.39, 0.29) is 5.91 Å². The van der Waals surface area contributed by atoms with Crippen LogP contribution in [0.25, 0.3) is 0 Å². The zero-order chi connectivity index (χ0) is 18.2. The Morgan fingerprint density at radius 3 is 2.70 bits per heavy atom. The Kier molecular flexibility index (Phi) is 4.23. The van der Waals surface area contributed by atoms with E-state index in [2.05, 4.69) is 30.2 Å². The van der Waals surface area contributed by atoms with Crippen molar-refractivity contribution in [2.24, 2.45) is 0 Å². The van der Waals surface area contributed by atoms with E-state index in [9.17, 15) is 4.79 Å². The lowest BCUT2D eigenvalue weighted by Crippen LogP contribution is -2.48. The van der Waals surface area contributed by atoms with Gasteiger partial charge in [-0.2, -0.15) is 5.10 Å². The zero-order valence-electron chi connectivity index (χ0n) is 15.3. The van der Waals surface area contributed by atoms with Gasteiger partial charge in [-0.3, -0.25) is 14.4 Å². The third-order valence-corrected chi connectivity index (χ3v) is 5.60. The molecule has 0 unspecified atom stereocenters. The zero-order valence-corrected chi connectivity index (χ0v) is 15.3. The molecule has 2 aliphatic heterocycles. The summed E-state index contributed by atoms with van der Waals surface area (Å²) in [7, 11) is 0. The van der Waals surface area contributed by atoms with Gasteiger partial charge in [0.05, 0.1) is 6.54 Å². The third-order valence-electron chi connectivity index (χ3n) is 5.60. The first-order chi connectivity index (χ1) is 13.3. The van der Waals surface area contributed by atoms with Crippen molar-refractivity contribution < 1.29 is 4.79 Å². The molecule has 0 aromatic carbocycles. The molecular formula is C18H24N8O. The SMILES string of the molecule is O=C1NCCc2c1nc(C1CC1)nc2N1CCN(CCn2cncn2)CC1. The first-order valence-electron chi connectivity index (χ1n) is 9.76. The van der Waals surface area contributed by atoms with Crippen LogP contribution in [-0.2, 0) is 13.0 Å². The molecule has 0 atom stereocenters. The maximum absolute atomic E-state index is 12.3. The Labute approximate surface area is 157 Å². The van der Waals surface area contributed by atoms with Gasteiger partial charge in [0, 0.05) is 50.7 Å². The molecule has 142 valence electrons. The van der Waals surface area contributed by atoms with Gasteiger partial charge in [-0.25, -0.2) is 15.0 Å². The number of anilines is 1. The summed E-state index contributed by atoms with van der Waals surface area (Å²) in [6, 6.07) is 0. The number of amides is 1. The van der Waals surface area contributed by atoms with Crippen LogP contribution in [0.3, 0.4) is 0 Å². The summed E-state index contributed by atoms with van der Waals surface area (Å²) < 4.78 is 1.87. The van der Waals surface area contributed by atoms with Gasteiger partial charge in [-0.1, -0.05) is 0 Å². The molecule has 4 heterocycles. The van der Waals surface area contributed by atoms with Crippen LogP contribution in [0.4, 0.5) is 5.82 Å². The van der Waals surface area contributed by atoms with E-state index < -0.39 is 0 Å². The Balaban J connectivity index is 1.31. The van der Waals surface area contributed by atoms with Crippen LogP contribution in [0.5, 0.6) is 0 Å². The minimum Gasteiger partial charge on any atom is -0.354 e. The first-order valence-corrected chi connectivity index (χ1v) is 9.76. The summed E-state index contributed by atoms with van der Waals surface area (Å²) in [6.45, 7) is 6.31. The van der Waals surface area contributed by atoms with Crippen molar-refractivity contribution in [3.8, 4) is 0 Å². The van der Waals surface area contributed by atoms with E-state index in [0.717, 1.165) is 75.7 Å². The predicted molar refractivity (Wildman–Crippen MR) is 98.7 cm³/mol. The molecule has 0 bridgehead atoms. The lowest BCUT2D eigenvalue weighted by Gasteiger charge is -2.37. The smallest absolute Gasteiger partial charge is 0.270 e. The van der Waals surface area contributed by atoms with E-state index in [1.54, 1.807) is 12.7 Å². The second-order valence-corrected chi connectivity index (χ2v) is 7.50. The second kappa shape index (κ2) is 6.88. The first kappa shape index (κ1) is 16.6. The molecule has 1 N–H and O–H groups in total. The summed E-state index contributed by atoms with van der Waals surface area (Å²) in [4.78, 5) is 30.6. The monoisotopic (exact) mass is 368 g/mol. The number of carbonyl (C=O) groups excluding carboxylic acids is 1. The Bertz CT molecular complexity index is 824. The van der Waals surface area contributed by atoms with Crippen molar-refractivity contribution >= 4 is 11.7 Å². The van der Waals surface area contributed by atoms with Crippen LogP contribution in [0.1, 0.15) is 40.6 Å². The Hall–Kier alpha value is -2.55. The van der Waals surface area contributed by atoms with Crippen molar-refractivity contribution in [3.05, 3.63) is 29.7 Å². The highest BCUT2D eigenvalue weighted by Gasteiger charge is 2.33. The molecule has 3 aliphatic rings. The molecular weight excluding hydrogens is 344 g/mol. The fraction of sp³-hybridized carbons (Fsp3) is 0.611. The summed E-state index contributed by atoms with van der Waals surface area (Å²) in [5.41, 5.74) is 1.63. The van der Waals surface area contributed by atoms with E-state index in [1.165, 1.54) is 0 Å². The van der Waals surface area contributed by atoms with Crippen molar-refractivity contribution in [1.29, 1.82) is 0 Å². The number of hydrogen-bond acceptors (Lipinski definition) is 7. The molecule has 9 nitrogen and oxygen atoms in total. The molecule has 0 radical (unpaired) electrons. The van der Waals surface area contributed by atoms with Gasteiger partial charge < -0.3 is 10.2 Å². The van der Waals surface area contributed by atoms with Crippen molar-refractivity contribution in [2.45, 2.75) is 31.7 Å². The van der Waals surface area contributed by atoms with Gasteiger partial charge in [0.1, 0.15) is 30.0 Å². The summed E-state index contributed by atoms with van der Waals surface area (Å²) in [5, 5.41) is 7.09. The highest BCUT2D eigenvalue weighted by atomic mass is 16.1. The van der Waals surface area contributed by atoms with Gasteiger partial charge in [0.25, 0.3) is 5.91 Å². The fourth-order valence-electron chi connectivity index (χ4n) is 3.85. The van der Waals surface area contributed by atoms with Crippen LogP contribution >= 0.6 is 0 Å². The van der Waals surface area contributed by atoms with Gasteiger partial charge in [0.15, 0.2) is 0 Å². The number of hydrogen-bond donors (Lipinski definition) is 1. The maximum atomic E-state index is 12.3. The molecule has 0 spiro atoms. The molecule has 1 saturated heterocycles. The molecule has 27 heavy (non-hydrogen) atoms. The van der Waals surface area contributed by atoms with Crippen LogP contribution in [-0.4, -0.2) is 74.8 Å². The van der Waals surface area contributed by atoms with Crippen LogP contribution < -0.4 is 10.2 Å². The standard InChI is InChI=1S/C18H24N8O/c27-18-15-14(3-4-20-18)17(23-16(22-15)13-1-2-13)25-8-5-24(6-9-25)7-10-26-12-19-11-21-26/h11-13H,1-10H2,(H,20,27). The van der Waals surface area contributed by atoms with Crippen LogP contribution in [0.2, 0.25) is 0 Å². The lowest BCUT2D eigenvalue weighted by atomic mass is 10.0. The van der Waals surface area contributed by atoms with Gasteiger partial charge in [-0.15, -0.1) is 0 Å². The highest BCUT2D eigenvalue weighted by molar-refractivity contribution is 5.96. The maximum Gasteiger partial charge on any atom is 0.270 e. The lowest BCUT2D eigenvalue weighted by molar-refractivity contribution is 0.0940. The van der Waals surface area contributed by atoms with Crippen LogP contribution in [0, 0.1) is 0 Å². The number of fused-ring (bicyclic) bond motifs is 1. The molecule has 9 heteroatoms. The normalized spacial score (nSPS) is 20.4. The molecule has 2 aromatic rings. The molecule has 1 amide bonds. The van der Waals surface area contributed by atoms with E-state index in [4.69, 9.17) is 4.98 Å². The van der Waals surface area contributed by atoms with Gasteiger partial charge in [-0.05, 0) is 19.3 Å². The summed E-state index contributed by atoms with van der Waals surface area (Å²) in [6.07, 6.45) is 6.41. The van der Waals surface area contributed by atoms with E-state index in [1.807, 2.05) is 4.68 Å². The van der Waals surface area contributed by atoms with E-state index in [0.29, 0.717) is 18.2 Å². The minimum absolute atomic E-state index is 0.0479. The quantitative estimate of drug-likeness (QED) is 0.797. The molecule has 1 saturated carbocycles. The fourth-order valence-corrected chi connectivity index (χ4v) is 3.85. The Morgan fingerprint density at radius 2 is 1.96 bits per heavy atom.